The van der Waals surface area contributed by atoms with Crippen molar-refractivity contribution < 1.29 is 42.6 Å². The highest BCUT2D eigenvalue weighted by atomic mass is 16.7. The quantitative estimate of drug-likeness (QED) is 0.299. The third-order valence-corrected chi connectivity index (χ3v) is 9.98. The van der Waals surface area contributed by atoms with Crippen molar-refractivity contribution in [1.82, 2.24) is 0 Å². The van der Waals surface area contributed by atoms with Crippen LogP contribution in [-0.4, -0.2) is 90.2 Å². The van der Waals surface area contributed by atoms with E-state index < -0.39 is 0 Å². The molecule has 278 valence electrons. The average molecular weight is 673 g/mol. The lowest BCUT2D eigenvalue weighted by Gasteiger charge is -2.43. The normalized spacial score (nSPS) is 27.6. The Morgan fingerprint density at radius 3 is 1.21 bits per heavy atom. The van der Waals surface area contributed by atoms with Gasteiger partial charge in [-0.1, -0.05) is 69.2 Å². The van der Waals surface area contributed by atoms with E-state index in [-0.39, 0.29) is 29.6 Å². The highest BCUT2D eigenvalue weighted by molar-refractivity contribution is 4.94. The Morgan fingerprint density at radius 2 is 0.851 bits per heavy atom. The van der Waals surface area contributed by atoms with E-state index in [1.54, 1.807) is 0 Å². The minimum atomic E-state index is -0.356. The number of hydrogen-bond acceptors (Lipinski definition) is 9. The van der Waals surface area contributed by atoms with Gasteiger partial charge < -0.3 is 42.6 Å². The molecule has 0 radical (unpaired) electrons. The zero-order valence-electron chi connectivity index (χ0n) is 32.2. The van der Waals surface area contributed by atoms with Crippen molar-refractivity contribution in [2.45, 2.75) is 133 Å². The lowest BCUT2D eigenvalue weighted by Crippen LogP contribution is -2.48. The molecule has 2 spiro atoms. The summed E-state index contributed by atoms with van der Waals surface area (Å²) in [6.45, 7) is 34.0. The molecule has 9 nitrogen and oxygen atoms in total. The molecule has 1 aliphatic carbocycles. The van der Waals surface area contributed by atoms with E-state index in [4.69, 9.17) is 42.6 Å². The number of rotatable bonds is 4. The summed E-state index contributed by atoms with van der Waals surface area (Å²) in [5, 5.41) is 0. The van der Waals surface area contributed by atoms with E-state index >= 15 is 0 Å². The molecule has 0 aromatic heterocycles. The second-order valence-electron chi connectivity index (χ2n) is 17.3. The topological polar surface area (TPSA) is 83.1 Å². The van der Waals surface area contributed by atoms with Crippen molar-refractivity contribution in [3.8, 4) is 0 Å². The van der Waals surface area contributed by atoms with Gasteiger partial charge in [0.05, 0.1) is 66.1 Å². The summed E-state index contributed by atoms with van der Waals surface area (Å²) in [5.74, 6) is 2.73. The van der Waals surface area contributed by atoms with Crippen molar-refractivity contribution in [2.24, 2.45) is 46.3 Å². The molecular formula is C38H72O9. The first-order valence-corrected chi connectivity index (χ1v) is 18.6. The maximum absolute atomic E-state index is 5.88. The summed E-state index contributed by atoms with van der Waals surface area (Å²) in [5.41, 5.74) is 0.650. The highest BCUT2D eigenvalue weighted by Crippen LogP contribution is 2.48. The molecule has 0 unspecified atom stereocenters. The SMILES string of the molecule is CC(C)C1COC(C)(C)OC1.CC(C)C1COC2(CCOCC2)OC1.CC(C)C1OCC(C)(C)CO1.CC(C)C1OCC2(CC2)CO1. The molecule has 0 aromatic carbocycles. The lowest BCUT2D eigenvalue weighted by atomic mass is 9.95. The zero-order valence-corrected chi connectivity index (χ0v) is 32.2. The molecule has 9 heteroatoms. The van der Waals surface area contributed by atoms with Crippen LogP contribution in [0.15, 0.2) is 0 Å². The molecule has 6 aliphatic rings. The highest BCUT2D eigenvalue weighted by Gasteiger charge is 2.47. The Morgan fingerprint density at radius 1 is 0.468 bits per heavy atom. The molecule has 0 atom stereocenters. The van der Waals surface area contributed by atoms with Gasteiger partial charge in [-0.15, -0.1) is 0 Å². The van der Waals surface area contributed by atoms with Crippen LogP contribution in [0.4, 0.5) is 0 Å². The Bertz CT molecular complexity index is 774. The smallest absolute Gasteiger partial charge is 0.172 e. The molecule has 0 amide bonds. The minimum Gasteiger partial charge on any atom is -0.381 e. The Labute approximate surface area is 287 Å². The largest absolute Gasteiger partial charge is 0.381 e. The maximum Gasteiger partial charge on any atom is 0.172 e. The van der Waals surface area contributed by atoms with Gasteiger partial charge in [-0.05, 0) is 38.5 Å². The standard InChI is InChI=1S/C11H20O3.C9H16O2.2C9H18O2/c1-9(2)10-7-13-11(14-8-10)3-5-12-6-4-11;1-7(2)8-10-5-9(3-4-9)6-11-8;1-7(2)8-10-5-9(3,4)6-11-8;1-7(2)8-5-10-9(3,4)11-6-8/h9-10H,3-8H2,1-2H3;7-8H,3-6H2,1-2H3;2*7-8H,5-6H2,1-4H3. The predicted molar refractivity (Wildman–Crippen MR) is 184 cm³/mol. The molecular weight excluding hydrogens is 600 g/mol. The summed E-state index contributed by atoms with van der Waals surface area (Å²) in [6.07, 6.45) is 4.45. The molecule has 6 rings (SSSR count). The summed E-state index contributed by atoms with van der Waals surface area (Å²) < 4.78 is 50.4. The molecule has 5 aliphatic heterocycles. The van der Waals surface area contributed by atoms with Crippen molar-refractivity contribution in [3.05, 3.63) is 0 Å². The fourth-order valence-electron chi connectivity index (χ4n) is 5.60. The van der Waals surface area contributed by atoms with Gasteiger partial charge >= 0.3 is 0 Å². The van der Waals surface area contributed by atoms with Crippen LogP contribution in [0, 0.1) is 46.3 Å². The van der Waals surface area contributed by atoms with E-state index in [1.807, 2.05) is 13.8 Å². The van der Waals surface area contributed by atoms with E-state index in [0.717, 1.165) is 78.9 Å². The molecule has 0 N–H and O–H groups in total. The molecule has 0 bridgehead atoms. The van der Waals surface area contributed by atoms with Crippen LogP contribution in [0.2, 0.25) is 0 Å². The van der Waals surface area contributed by atoms with Gasteiger partial charge in [-0.25, -0.2) is 0 Å². The summed E-state index contributed by atoms with van der Waals surface area (Å²) in [7, 11) is 0. The third kappa shape index (κ3) is 14.1. The van der Waals surface area contributed by atoms with E-state index in [2.05, 4.69) is 69.2 Å². The van der Waals surface area contributed by atoms with Crippen LogP contribution < -0.4 is 0 Å². The fraction of sp³-hybridized carbons (Fsp3) is 1.00. The van der Waals surface area contributed by atoms with Crippen LogP contribution in [0.1, 0.15) is 109 Å². The molecule has 1 saturated carbocycles. The first-order valence-electron chi connectivity index (χ1n) is 18.6. The van der Waals surface area contributed by atoms with Gasteiger partial charge in [0.25, 0.3) is 0 Å². The molecule has 5 heterocycles. The van der Waals surface area contributed by atoms with Gasteiger partial charge in [0.2, 0.25) is 0 Å². The summed E-state index contributed by atoms with van der Waals surface area (Å²) >= 11 is 0. The molecule has 0 aromatic rings. The molecule has 6 fully saturated rings. The van der Waals surface area contributed by atoms with Crippen LogP contribution >= 0.6 is 0 Å². The monoisotopic (exact) mass is 673 g/mol. The number of hydrogen-bond donors (Lipinski definition) is 0. The maximum atomic E-state index is 5.88. The second-order valence-corrected chi connectivity index (χ2v) is 17.3. The van der Waals surface area contributed by atoms with Gasteiger partial charge in [0, 0.05) is 47.3 Å². The van der Waals surface area contributed by atoms with Crippen LogP contribution in [0.3, 0.4) is 0 Å². The van der Waals surface area contributed by atoms with Crippen LogP contribution in [0.25, 0.3) is 0 Å². The van der Waals surface area contributed by atoms with Gasteiger partial charge in [0.15, 0.2) is 24.2 Å². The number of ether oxygens (including phenoxy) is 9. The Kier molecular flexibility index (Phi) is 15.9. The predicted octanol–water partition coefficient (Wildman–Crippen LogP) is 7.69. The first-order chi connectivity index (χ1) is 22.0. The van der Waals surface area contributed by atoms with Crippen molar-refractivity contribution in [1.29, 1.82) is 0 Å². The average Bonchev–Trinajstić information content (AvgIpc) is 3.77. The Balaban J connectivity index is 0.000000171. The molecule has 47 heavy (non-hydrogen) atoms. The van der Waals surface area contributed by atoms with Crippen molar-refractivity contribution in [2.75, 3.05) is 66.1 Å². The van der Waals surface area contributed by atoms with Crippen LogP contribution in [-0.2, 0) is 42.6 Å². The van der Waals surface area contributed by atoms with Crippen LogP contribution in [0.5, 0.6) is 0 Å². The summed E-state index contributed by atoms with van der Waals surface area (Å²) in [6, 6.07) is 0. The molecule has 5 saturated heterocycles. The first kappa shape index (κ1) is 41.1. The fourth-order valence-corrected chi connectivity index (χ4v) is 5.60. The van der Waals surface area contributed by atoms with E-state index in [0.29, 0.717) is 40.9 Å². The van der Waals surface area contributed by atoms with Crippen molar-refractivity contribution >= 4 is 0 Å². The van der Waals surface area contributed by atoms with E-state index in [1.165, 1.54) is 12.8 Å². The van der Waals surface area contributed by atoms with Crippen molar-refractivity contribution in [3.63, 3.8) is 0 Å². The lowest BCUT2D eigenvalue weighted by molar-refractivity contribution is -0.310. The Hall–Kier alpha value is -0.360. The second kappa shape index (κ2) is 18.2. The summed E-state index contributed by atoms with van der Waals surface area (Å²) in [4.78, 5) is 0. The van der Waals surface area contributed by atoms with Gasteiger partial charge in [-0.2, -0.15) is 0 Å². The van der Waals surface area contributed by atoms with Gasteiger partial charge in [0.1, 0.15) is 0 Å². The minimum absolute atomic E-state index is 0.0167. The third-order valence-electron chi connectivity index (χ3n) is 9.98. The van der Waals surface area contributed by atoms with E-state index in [9.17, 15) is 0 Å². The zero-order chi connectivity index (χ0) is 34.9. The van der Waals surface area contributed by atoms with Gasteiger partial charge in [-0.3, -0.25) is 0 Å².